The topological polar surface area (TPSA) is 18.5 Å². The minimum Gasteiger partial charge on any atom is -0.359 e. The van der Waals surface area contributed by atoms with Crippen LogP contribution in [0.1, 0.15) is 26.7 Å². The standard InChI is InChI=1S/C10H20O2S/c1-8(2)6-10-9(4-5-13-10)12-7-11-3/h8-10H,4-7H2,1-3H3/t9-,10-/m0/s1. The molecule has 0 N–H and O–H groups in total. The van der Waals surface area contributed by atoms with Crippen molar-refractivity contribution in [1.82, 2.24) is 0 Å². The van der Waals surface area contributed by atoms with Crippen LogP contribution in [-0.4, -0.2) is 31.0 Å². The summed E-state index contributed by atoms with van der Waals surface area (Å²) in [7, 11) is 1.68. The van der Waals surface area contributed by atoms with E-state index in [0.717, 1.165) is 5.92 Å². The molecule has 2 nitrogen and oxygen atoms in total. The van der Waals surface area contributed by atoms with Gasteiger partial charge >= 0.3 is 0 Å². The molecule has 2 atom stereocenters. The van der Waals surface area contributed by atoms with E-state index in [1.807, 2.05) is 11.8 Å². The Kier molecular flexibility index (Phi) is 5.14. The molecule has 0 aromatic heterocycles. The number of hydrogen-bond donors (Lipinski definition) is 0. The van der Waals surface area contributed by atoms with Gasteiger partial charge in [-0.15, -0.1) is 0 Å². The molecule has 0 bridgehead atoms. The molecule has 78 valence electrons. The first-order chi connectivity index (χ1) is 6.24. The number of rotatable bonds is 5. The second-order valence-electron chi connectivity index (χ2n) is 3.94. The molecule has 0 saturated carbocycles. The van der Waals surface area contributed by atoms with Crippen LogP contribution in [0, 0.1) is 5.92 Å². The summed E-state index contributed by atoms with van der Waals surface area (Å²) in [6.07, 6.45) is 2.87. The Labute approximate surface area is 85.4 Å². The molecule has 0 unspecified atom stereocenters. The Morgan fingerprint density at radius 2 is 2.23 bits per heavy atom. The molecule has 13 heavy (non-hydrogen) atoms. The lowest BCUT2D eigenvalue weighted by molar-refractivity contribution is -0.0712. The van der Waals surface area contributed by atoms with Gasteiger partial charge in [0.2, 0.25) is 0 Å². The number of thioether (sulfide) groups is 1. The molecule has 1 fully saturated rings. The zero-order chi connectivity index (χ0) is 9.68. The lowest BCUT2D eigenvalue weighted by Gasteiger charge is -2.20. The Morgan fingerprint density at radius 1 is 1.46 bits per heavy atom. The molecule has 0 aromatic carbocycles. The maximum atomic E-state index is 5.62. The monoisotopic (exact) mass is 204 g/mol. The Balaban J connectivity index is 2.26. The van der Waals surface area contributed by atoms with Crippen molar-refractivity contribution in [2.24, 2.45) is 5.92 Å². The fraction of sp³-hybridized carbons (Fsp3) is 1.00. The average Bonchev–Trinajstić information content (AvgIpc) is 2.48. The van der Waals surface area contributed by atoms with E-state index in [1.54, 1.807) is 7.11 Å². The van der Waals surface area contributed by atoms with Crippen LogP contribution in [0.5, 0.6) is 0 Å². The van der Waals surface area contributed by atoms with Gasteiger partial charge < -0.3 is 9.47 Å². The number of ether oxygens (including phenoxy) is 2. The third kappa shape index (κ3) is 3.88. The van der Waals surface area contributed by atoms with Crippen LogP contribution in [0.15, 0.2) is 0 Å². The van der Waals surface area contributed by atoms with Crippen molar-refractivity contribution in [3.8, 4) is 0 Å². The van der Waals surface area contributed by atoms with Crippen molar-refractivity contribution in [2.75, 3.05) is 19.7 Å². The molecule has 1 aliphatic rings. The van der Waals surface area contributed by atoms with Gasteiger partial charge in [0.15, 0.2) is 0 Å². The second kappa shape index (κ2) is 5.89. The highest BCUT2D eigenvalue weighted by Crippen LogP contribution is 2.33. The predicted octanol–water partition coefficient (Wildman–Crippen LogP) is 2.53. The summed E-state index contributed by atoms with van der Waals surface area (Å²) in [5, 5.41) is 0.690. The lowest BCUT2D eigenvalue weighted by atomic mass is 10.0. The summed E-state index contributed by atoms with van der Waals surface area (Å²) in [5.41, 5.74) is 0. The first kappa shape index (κ1) is 11.3. The van der Waals surface area contributed by atoms with Gasteiger partial charge in [-0.2, -0.15) is 11.8 Å². The van der Waals surface area contributed by atoms with E-state index in [1.165, 1.54) is 18.6 Å². The van der Waals surface area contributed by atoms with Crippen LogP contribution in [0.4, 0.5) is 0 Å². The van der Waals surface area contributed by atoms with Crippen LogP contribution in [-0.2, 0) is 9.47 Å². The van der Waals surface area contributed by atoms with Gasteiger partial charge in [-0.1, -0.05) is 13.8 Å². The van der Waals surface area contributed by atoms with E-state index in [-0.39, 0.29) is 0 Å². The van der Waals surface area contributed by atoms with E-state index < -0.39 is 0 Å². The molecule has 1 aliphatic heterocycles. The van der Waals surface area contributed by atoms with Gasteiger partial charge in [0.05, 0.1) is 6.10 Å². The van der Waals surface area contributed by atoms with Gasteiger partial charge in [-0.3, -0.25) is 0 Å². The van der Waals surface area contributed by atoms with Crippen molar-refractivity contribution in [2.45, 2.75) is 38.0 Å². The molecular weight excluding hydrogens is 184 g/mol. The average molecular weight is 204 g/mol. The Morgan fingerprint density at radius 3 is 2.85 bits per heavy atom. The zero-order valence-corrected chi connectivity index (χ0v) is 9.60. The third-order valence-corrected chi connectivity index (χ3v) is 3.65. The van der Waals surface area contributed by atoms with Crippen LogP contribution >= 0.6 is 11.8 Å². The van der Waals surface area contributed by atoms with E-state index in [9.17, 15) is 0 Å². The Bertz CT molecular complexity index is 139. The van der Waals surface area contributed by atoms with Crippen molar-refractivity contribution in [3.63, 3.8) is 0 Å². The molecule has 0 spiro atoms. The van der Waals surface area contributed by atoms with Crippen LogP contribution in [0.3, 0.4) is 0 Å². The van der Waals surface area contributed by atoms with Gasteiger partial charge in [0, 0.05) is 12.4 Å². The van der Waals surface area contributed by atoms with Crippen LogP contribution in [0.25, 0.3) is 0 Å². The molecular formula is C10H20O2S. The van der Waals surface area contributed by atoms with Crippen LogP contribution < -0.4 is 0 Å². The summed E-state index contributed by atoms with van der Waals surface area (Å²) in [4.78, 5) is 0. The highest BCUT2D eigenvalue weighted by molar-refractivity contribution is 8.00. The minimum atomic E-state index is 0.423. The van der Waals surface area contributed by atoms with E-state index in [2.05, 4.69) is 13.8 Å². The van der Waals surface area contributed by atoms with Crippen LogP contribution in [0.2, 0.25) is 0 Å². The number of hydrogen-bond acceptors (Lipinski definition) is 3. The maximum Gasteiger partial charge on any atom is 0.146 e. The summed E-state index contributed by atoms with van der Waals surface area (Å²) in [6.45, 7) is 4.98. The summed E-state index contributed by atoms with van der Waals surface area (Å²) < 4.78 is 10.5. The third-order valence-electron chi connectivity index (χ3n) is 2.25. The lowest BCUT2D eigenvalue weighted by Crippen LogP contribution is -2.24. The fourth-order valence-electron chi connectivity index (χ4n) is 1.66. The first-order valence-corrected chi connectivity index (χ1v) is 6.01. The van der Waals surface area contributed by atoms with Crippen molar-refractivity contribution in [1.29, 1.82) is 0 Å². The summed E-state index contributed by atoms with van der Waals surface area (Å²) in [5.74, 6) is 2.01. The van der Waals surface area contributed by atoms with Crippen molar-refractivity contribution < 1.29 is 9.47 Å². The quantitative estimate of drug-likeness (QED) is 0.641. The molecule has 1 rings (SSSR count). The van der Waals surface area contributed by atoms with E-state index in [0.29, 0.717) is 18.1 Å². The van der Waals surface area contributed by atoms with E-state index in [4.69, 9.17) is 9.47 Å². The normalized spacial score (nSPS) is 28.6. The maximum absolute atomic E-state index is 5.62. The molecule has 1 saturated heterocycles. The summed E-state index contributed by atoms with van der Waals surface area (Å²) >= 11 is 2.05. The Hall–Kier alpha value is 0.270. The SMILES string of the molecule is COCO[C@H]1CCS[C@H]1CC(C)C. The van der Waals surface area contributed by atoms with E-state index >= 15 is 0 Å². The first-order valence-electron chi connectivity index (χ1n) is 4.96. The van der Waals surface area contributed by atoms with Crippen molar-refractivity contribution >= 4 is 11.8 Å². The van der Waals surface area contributed by atoms with Gasteiger partial charge in [-0.25, -0.2) is 0 Å². The molecule has 3 heteroatoms. The molecule has 0 amide bonds. The van der Waals surface area contributed by atoms with Gasteiger partial charge in [-0.05, 0) is 24.5 Å². The highest BCUT2D eigenvalue weighted by atomic mass is 32.2. The molecule has 1 heterocycles. The zero-order valence-electron chi connectivity index (χ0n) is 8.79. The summed E-state index contributed by atoms with van der Waals surface area (Å²) in [6, 6.07) is 0. The molecule has 0 aliphatic carbocycles. The van der Waals surface area contributed by atoms with Crippen molar-refractivity contribution in [3.05, 3.63) is 0 Å². The minimum absolute atomic E-state index is 0.423. The highest BCUT2D eigenvalue weighted by Gasteiger charge is 2.28. The predicted molar refractivity (Wildman–Crippen MR) is 57.1 cm³/mol. The fourth-order valence-corrected chi connectivity index (χ4v) is 3.28. The number of methoxy groups -OCH3 is 1. The smallest absolute Gasteiger partial charge is 0.146 e. The molecule has 0 aromatic rings. The largest absolute Gasteiger partial charge is 0.359 e. The second-order valence-corrected chi connectivity index (χ2v) is 5.29. The van der Waals surface area contributed by atoms with Gasteiger partial charge in [0.25, 0.3) is 0 Å². The van der Waals surface area contributed by atoms with Gasteiger partial charge in [0.1, 0.15) is 6.79 Å². The molecule has 0 radical (unpaired) electrons.